The molecule has 2 rings (SSSR count). The van der Waals surface area contributed by atoms with Gasteiger partial charge in [0.15, 0.2) is 0 Å². The number of aliphatic hydroxyl groups excluding tert-OH is 1. The number of carbonyl (C=O) groups is 1. The monoisotopic (exact) mass is 298 g/mol. The molecule has 5 nitrogen and oxygen atoms in total. The van der Waals surface area contributed by atoms with E-state index in [1.807, 2.05) is 4.90 Å². The van der Waals surface area contributed by atoms with Gasteiger partial charge in [0.25, 0.3) is 0 Å². The zero-order valence-electron chi connectivity index (χ0n) is 13.5. The fourth-order valence-electron chi connectivity index (χ4n) is 3.38. The fourth-order valence-corrected chi connectivity index (χ4v) is 3.38. The van der Waals surface area contributed by atoms with Gasteiger partial charge in [0.2, 0.25) is 5.91 Å². The predicted molar refractivity (Wildman–Crippen MR) is 82.1 cm³/mol. The van der Waals surface area contributed by atoms with Crippen LogP contribution in [-0.4, -0.2) is 71.8 Å². The minimum atomic E-state index is 0.210. The van der Waals surface area contributed by atoms with Crippen LogP contribution in [0.2, 0.25) is 0 Å². The molecule has 2 aliphatic heterocycles. The molecule has 0 aromatic heterocycles. The maximum absolute atomic E-state index is 12.3. The van der Waals surface area contributed by atoms with Gasteiger partial charge in [0, 0.05) is 38.6 Å². The molecule has 1 amide bonds. The van der Waals surface area contributed by atoms with E-state index < -0.39 is 0 Å². The lowest BCUT2D eigenvalue weighted by Crippen LogP contribution is -2.52. The third-order valence-corrected chi connectivity index (χ3v) is 4.87. The maximum atomic E-state index is 12.3. The zero-order valence-corrected chi connectivity index (χ0v) is 13.5. The summed E-state index contributed by atoms with van der Waals surface area (Å²) in [5.74, 6) is 0.259. The Kier molecular flexibility index (Phi) is 6.45. The molecule has 3 atom stereocenters. The zero-order chi connectivity index (χ0) is 15.2. The number of ether oxygens (including phenoxy) is 1. The van der Waals surface area contributed by atoms with Gasteiger partial charge >= 0.3 is 0 Å². The van der Waals surface area contributed by atoms with E-state index in [4.69, 9.17) is 4.74 Å². The molecule has 0 aliphatic carbocycles. The van der Waals surface area contributed by atoms with Crippen LogP contribution in [0.5, 0.6) is 0 Å². The predicted octanol–water partition coefficient (Wildman–Crippen LogP) is 1.25. The Balaban J connectivity index is 1.68. The molecular formula is C16H30N2O3. The molecule has 5 heteroatoms. The molecule has 2 aliphatic rings. The number of amides is 1. The lowest BCUT2D eigenvalue weighted by molar-refractivity contribution is -0.134. The van der Waals surface area contributed by atoms with Crippen molar-refractivity contribution in [2.75, 3.05) is 32.8 Å². The number of aliphatic hydroxyl groups is 1. The first-order valence-electron chi connectivity index (χ1n) is 8.42. The molecule has 21 heavy (non-hydrogen) atoms. The lowest BCUT2D eigenvalue weighted by Gasteiger charge is -2.38. The second kappa shape index (κ2) is 8.11. The second-order valence-corrected chi connectivity index (χ2v) is 6.35. The van der Waals surface area contributed by atoms with Gasteiger partial charge in [-0.15, -0.1) is 0 Å². The Morgan fingerprint density at radius 1 is 1.29 bits per heavy atom. The molecular weight excluding hydrogens is 268 g/mol. The molecule has 0 saturated carbocycles. The summed E-state index contributed by atoms with van der Waals surface area (Å²) in [6.45, 7) is 7.74. The summed E-state index contributed by atoms with van der Waals surface area (Å²) in [7, 11) is 0. The van der Waals surface area contributed by atoms with Crippen LogP contribution in [0.15, 0.2) is 0 Å². The van der Waals surface area contributed by atoms with Crippen LogP contribution >= 0.6 is 0 Å². The van der Waals surface area contributed by atoms with Crippen LogP contribution in [0, 0.1) is 0 Å². The molecule has 0 spiro atoms. The van der Waals surface area contributed by atoms with Crippen molar-refractivity contribution < 1.29 is 14.6 Å². The molecule has 0 aromatic carbocycles. The molecule has 3 unspecified atom stereocenters. The largest absolute Gasteiger partial charge is 0.395 e. The van der Waals surface area contributed by atoms with Gasteiger partial charge < -0.3 is 14.7 Å². The highest BCUT2D eigenvalue weighted by Crippen LogP contribution is 2.23. The second-order valence-electron chi connectivity index (χ2n) is 6.35. The van der Waals surface area contributed by atoms with Crippen molar-refractivity contribution in [2.45, 2.75) is 64.2 Å². The van der Waals surface area contributed by atoms with E-state index in [1.165, 1.54) is 0 Å². The molecule has 0 radical (unpaired) electrons. The summed E-state index contributed by atoms with van der Waals surface area (Å²) >= 11 is 0. The van der Waals surface area contributed by atoms with E-state index in [0.717, 1.165) is 51.9 Å². The van der Waals surface area contributed by atoms with E-state index in [2.05, 4.69) is 18.7 Å². The van der Waals surface area contributed by atoms with Crippen molar-refractivity contribution in [3.63, 3.8) is 0 Å². The highest BCUT2D eigenvalue weighted by Gasteiger charge is 2.26. The topological polar surface area (TPSA) is 53.0 Å². The first kappa shape index (κ1) is 16.7. The van der Waals surface area contributed by atoms with Crippen LogP contribution in [0.25, 0.3) is 0 Å². The Bertz CT molecular complexity index is 325. The van der Waals surface area contributed by atoms with Crippen molar-refractivity contribution >= 4 is 5.91 Å². The minimum absolute atomic E-state index is 0.210. The Morgan fingerprint density at radius 3 is 2.52 bits per heavy atom. The molecule has 0 aromatic rings. The van der Waals surface area contributed by atoms with E-state index in [1.54, 1.807) is 0 Å². The quantitative estimate of drug-likeness (QED) is 0.802. The molecule has 2 heterocycles. The minimum Gasteiger partial charge on any atom is -0.395 e. The fraction of sp³-hybridized carbons (Fsp3) is 0.938. The van der Waals surface area contributed by atoms with Crippen LogP contribution in [0.4, 0.5) is 0 Å². The number of hydrogen-bond donors (Lipinski definition) is 1. The number of hydrogen-bond acceptors (Lipinski definition) is 4. The number of carbonyl (C=O) groups excluding carboxylic acids is 1. The SMILES string of the molecule is CCC(CO)N1CCN(C(=O)CCC2CCC(C)O2)CC1. The van der Waals surface area contributed by atoms with E-state index in [9.17, 15) is 9.90 Å². The van der Waals surface area contributed by atoms with E-state index in [-0.39, 0.29) is 24.7 Å². The highest BCUT2D eigenvalue weighted by molar-refractivity contribution is 5.76. The molecule has 2 fully saturated rings. The molecule has 1 N–H and O–H groups in total. The van der Waals surface area contributed by atoms with Gasteiger partial charge in [-0.3, -0.25) is 9.69 Å². The van der Waals surface area contributed by atoms with Crippen molar-refractivity contribution in [3.8, 4) is 0 Å². The number of rotatable bonds is 6. The van der Waals surface area contributed by atoms with Gasteiger partial charge in [-0.25, -0.2) is 0 Å². The van der Waals surface area contributed by atoms with Crippen molar-refractivity contribution in [1.82, 2.24) is 9.80 Å². The van der Waals surface area contributed by atoms with Gasteiger partial charge in [-0.05, 0) is 32.6 Å². The summed E-state index contributed by atoms with van der Waals surface area (Å²) in [5.41, 5.74) is 0. The smallest absolute Gasteiger partial charge is 0.222 e. The maximum Gasteiger partial charge on any atom is 0.222 e. The summed E-state index contributed by atoms with van der Waals surface area (Å²) < 4.78 is 5.77. The van der Waals surface area contributed by atoms with Gasteiger partial charge in [-0.1, -0.05) is 6.92 Å². The first-order chi connectivity index (χ1) is 10.1. The van der Waals surface area contributed by atoms with E-state index >= 15 is 0 Å². The summed E-state index contributed by atoms with van der Waals surface area (Å²) in [6.07, 6.45) is 5.28. The number of nitrogens with zero attached hydrogens (tertiary/aromatic N) is 2. The van der Waals surface area contributed by atoms with Crippen molar-refractivity contribution in [1.29, 1.82) is 0 Å². The average molecular weight is 298 g/mol. The lowest BCUT2D eigenvalue weighted by atomic mass is 10.1. The van der Waals surface area contributed by atoms with Gasteiger partial charge in [-0.2, -0.15) is 0 Å². The van der Waals surface area contributed by atoms with Crippen molar-refractivity contribution in [2.24, 2.45) is 0 Å². The summed E-state index contributed by atoms with van der Waals surface area (Å²) in [4.78, 5) is 16.5. The van der Waals surface area contributed by atoms with Crippen LogP contribution in [-0.2, 0) is 9.53 Å². The Morgan fingerprint density at radius 2 is 2.00 bits per heavy atom. The number of piperazine rings is 1. The molecule has 0 bridgehead atoms. The molecule has 122 valence electrons. The summed E-state index contributed by atoms with van der Waals surface area (Å²) in [6, 6.07) is 0.246. The standard InChI is InChI=1S/C16H30N2O3/c1-3-14(12-19)17-8-10-18(11-9-17)16(20)7-6-15-5-4-13(2)21-15/h13-15,19H,3-12H2,1-2H3. The van der Waals surface area contributed by atoms with Crippen LogP contribution < -0.4 is 0 Å². The third-order valence-electron chi connectivity index (χ3n) is 4.87. The van der Waals surface area contributed by atoms with Crippen molar-refractivity contribution in [3.05, 3.63) is 0 Å². The van der Waals surface area contributed by atoms with E-state index in [0.29, 0.717) is 12.5 Å². The summed E-state index contributed by atoms with van der Waals surface area (Å²) in [5, 5.41) is 9.34. The Hall–Kier alpha value is -0.650. The highest BCUT2D eigenvalue weighted by atomic mass is 16.5. The van der Waals surface area contributed by atoms with Crippen LogP contribution in [0.1, 0.15) is 46.0 Å². The van der Waals surface area contributed by atoms with Crippen LogP contribution in [0.3, 0.4) is 0 Å². The van der Waals surface area contributed by atoms with Gasteiger partial charge in [0.1, 0.15) is 0 Å². The average Bonchev–Trinajstić information content (AvgIpc) is 2.92. The third kappa shape index (κ3) is 4.66. The van der Waals surface area contributed by atoms with Gasteiger partial charge in [0.05, 0.1) is 18.8 Å². The Labute approximate surface area is 128 Å². The first-order valence-corrected chi connectivity index (χ1v) is 8.42. The normalized spacial score (nSPS) is 28.8. The molecule has 2 saturated heterocycles.